The maximum absolute atomic E-state index is 11.8. The lowest BCUT2D eigenvalue weighted by Crippen LogP contribution is -2.30. The van der Waals surface area contributed by atoms with Gasteiger partial charge >= 0.3 is 0 Å². The number of hydrogen-bond acceptors (Lipinski definition) is 3. The van der Waals surface area contributed by atoms with Crippen LogP contribution in [0.4, 0.5) is 5.69 Å². The van der Waals surface area contributed by atoms with Gasteiger partial charge in [0.05, 0.1) is 0 Å². The molecule has 0 radical (unpaired) electrons. The summed E-state index contributed by atoms with van der Waals surface area (Å²) in [4.78, 5) is 14.4. The van der Waals surface area contributed by atoms with Crippen LogP contribution in [0.25, 0.3) is 0 Å². The molecule has 2 rings (SSSR count). The number of nitrogens with two attached hydrogens (primary N) is 1. The average molecular weight is 317 g/mol. The first-order valence-corrected chi connectivity index (χ1v) is 9.08. The van der Waals surface area contributed by atoms with Crippen LogP contribution in [-0.2, 0) is 11.2 Å². The molecule has 128 valence electrons. The molecule has 0 aromatic heterocycles. The van der Waals surface area contributed by atoms with Crippen molar-refractivity contribution in [1.29, 1.82) is 0 Å². The second kappa shape index (κ2) is 10.3. The van der Waals surface area contributed by atoms with E-state index in [1.807, 2.05) is 24.3 Å². The molecule has 1 aliphatic heterocycles. The van der Waals surface area contributed by atoms with Crippen molar-refractivity contribution in [3.8, 4) is 0 Å². The van der Waals surface area contributed by atoms with Gasteiger partial charge in [-0.3, -0.25) is 4.79 Å². The highest BCUT2D eigenvalue weighted by atomic mass is 16.1. The molecule has 1 saturated heterocycles. The van der Waals surface area contributed by atoms with Crippen molar-refractivity contribution in [1.82, 2.24) is 10.2 Å². The Morgan fingerprint density at radius 3 is 2.65 bits per heavy atom. The van der Waals surface area contributed by atoms with Gasteiger partial charge in [0, 0.05) is 18.7 Å². The van der Waals surface area contributed by atoms with Crippen molar-refractivity contribution < 1.29 is 4.79 Å². The summed E-state index contributed by atoms with van der Waals surface area (Å²) in [5, 5.41) is 3.02. The van der Waals surface area contributed by atoms with Crippen LogP contribution in [0, 0.1) is 0 Å². The Hall–Kier alpha value is -1.55. The number of unbranched alkanes of at least 4 members (excludes halogenated alkanes) is 2. The van der Waals surface area contributed by atoms with E-state index in [1.165, 1.54) is 51.7 Å². The van der Waals surface area contributed by atoms with Gasteiger partial charge in [0.1, 0.15) is 0 Å². The smallest absolute Gasteiger partial charge is 0.220 e. The van der Waals surface area contributed by atoms with E-state index in [4.69, 9.17) is 5.73 Å². The van der Waals surface area contributed by atoms with Gasteiger partial charge in [0.15, 0.2) is 0 Å². The molecule has 4 heteroatoms. The number of benzene rings is 1. The van der Waals surface area contributed by atoms with Gasteiger partial charge in [-0.1, -0.05) is 31.0 Å². The van der Waals surface area contributed by atoms with E-state index in [-0.39, 0.29) is 5.91 Å². The summed E-state index contributed by atoms with van der Waals surface area (Å²) in [6.45, 7) is 4.57. The number of aryl methyl sites for hydroxylation is 1. The number of carbonyl (C=O) groups is 1. The first-order valence-electron chi connectivity index (χ1n) is 9.08. The van der Waals surface area contributed by atoms with Gasteiger partial charge in [0.25, 0.3) is 0 Å². The fourth-order valence-corrected chi connectivity index (χ4v) is 3.15. The maximum atomic E-state index is 11.8. The van der Waals surface area contributed by atoms with Crippen molar-refractivity contribution in [2.75, 3.05) is 31.9 Å². The molecule has 1 fully saturated rings. The zero-order chi connectivity index (χ0) is 16.3. The second-order valence-electron chi connectivity index (χ2n) is 6.51. The first kappa shape index (κ1) is 17.8. The summed E-state index contributed by atoms with van der Waals surface area (Å²) >= 11 is 0. The SMILES string of the molecule is Nc1ccccc1CCC(=O)NCCCCCN1CCCCC1. The number of para-hydroxylation sites is 1. The number of nitrogens with one attached hydrogen (secondary N) is 1. The fourth-order valence-electron chi connectivity index (χ4n) is 3.15. The number of rotatable bonds is 9. The zero-order valence-electron chi connectivity index (χ0n) is 14.2. The van der Waals surface area contributed by atoms with Crippen molar-refractivity contribution in [2.45, 2.75) is 51.4 Å². The van der Waals surface area contributed by atoms with E-state index in [0.717, 1.165) is 24.2 Å². The van der Waals surface area contributed by atoms with Crippen LogP contribution in [0.2, 0.25) is 0 Å². The molecule has 0 atom stereocenters. The third kappa shape index (κ3) is 7.04. The molecule has 1 aliphatic rings. The molecule has 0 bridgehead atoms. The van der Waals surface area contributed by atoms with Crippen molar-refractivity contribution in [3.05, 3.63) is 29.8 Å². The number of hydrogen-bond donors (Lipinski definition) is 2. The highest BCUT2D eigenvalue weighted by Gasteiger charge is 2.09. The topological polar surface area (TPSA) is 58.4 Å². The van der Waals surface area contributed by atoms with E-state index < -0.39 is 0 Å². The molecule has 23 heavy (non-hydrogen) atoms. The third-order valence-corrected chi connectivity index (χ3v) is 4.60. The van der Waals surface area contributed by atoms with Gasteiger partial charge in [0.2, 0.25) is 5.91 Å². The predicted molar refractivity (Wildman–Crippen MR) is 96.3 cm³/mol. The third-order valence-electron chi connectivity index (χ3n) is 4.60. The van der Waals surface area contributed by atoms with Crippen molar-refractivity contribution in [3.63, 3.8) is 0 Å². The van der Waals surface area contributed by atoms with Crippen LogP contribution >= 0.6 is 0 Å². The number of likely N-dealkylation sites (tertiary alicyclic amines) is 1. The highest BCUT2D eigenvalue weighted by molar-refractivity contribution is 5.76. The average Bonchev–Trinajstić information content (AvgIpc) is 2.58. The highest BCUT2D eigenvalue weighted by Crippen LogP contribution is 2.12. The maximum Gasteiger partial charge on any atom is 0.220 e. The summed E-state index contributed by atoms with van der Waals surface area (Å²) < 4.78 is 0. The van der Waals surface area contributed by atoms with Crippen LogP contribution in [0.15, 0.2) is 24.3 Å². The predicted octanol–water partition coefficient (Wildman–Crippen LogP) is 2.97. The number of carbonyl (C=O) groups excluding carboxylic acids is 1. The second-order valence-corrected chi connectivity index (χ2v) is 6.51. The molecule has 0 saturated carbocycles. The molecule has 3 N–H and O–H groups in total. The molecule has 4 nitrogen and oxygen atoms in total. The summed E-state index contributed by atoms with van der Waals surface area (Å²) in [6, 6.07) is 7.76. The van der Waals surface area contributed by atoms with Gasteiger partial charge in [-0.05, 0) is 63.4 Å². The summed E-state index contributed by atoms with van der Waals surface area (Å²) in [5.74, 6) is 0.129. The Bertz CT molecular complexity index is 469. The summed E-state index contributed by atoms with van der Waals surface area (Å²) in [5.41, 5.74) is 7.72. The normalized spacial score (nSPS) is 15.5. The van der Waals surface area contributed by atoms with Gasteiger partial charge < -0.3 is 16.0 Å². The number of amides is 1. The first-order chi connectivity index (χ1) is 11.3. The number of nitrogen functional groups attached to an aromatic ring is 1. The minimum atomic E-state index is 0.129. The largest absolute Gasteiger partial charge is 0.399 e. The molecular weight excluding hydrogens is 286 g/mol. The van der Waals surface area contributed by atoms with Crippen LogP contribution < -0.4 is 11.1 Å². The van der Waals surface area contributed by atoms with Gasteiger partial charge in [-0.15, -0.1) is 0 Å². The number of nitrogens with zero attached hydrogens (tertiary/aromatic N) is 1. The Morgan fingerprint density at radius 1 is 1.09 bits per heavy atom. The van der Waals surface area contributed by atoms with E-state index in [9.17, 15) is 4.79 Å². The monoisotopic (exact) mass is 317 g/mol. The zero-order valence-corrected chi connectivity index (χ0v) is 14.2. The van der Waals surface area contributed by atoms with E-state index in [1.54, 1.807) is 0 Å². The molecule has 1 aromatic rings. The Labute approximate surface area is 140 Å². The molecule has 0 unspecified atom stereocenters. The molecule has 1 aromatic carbocycles. The summed E-state index contributed by atoms with van der Waals surface area (Å²) in [6.07, 6.45) is 8.88. The standard InChI is InChI=1S/C19H31N3O/c20-18-10-4-3-9-17(18)11-12-19(23)21-13-5-1-6-14-22-15-7-2-8-16-22/h3-4,9-10H,1-2,5-8,11-16,20H2,(H,21,23). The molecule has 0 spiro atoms. The Balaban J connectivity index is 1.47. The Kier molecular flexibility index (Phi) is 7.95. The van der Waals surface area contributed by atoms with Gasteiger partial charge in [-0.25, -0.2) is 0 Å². The molecule has 0 aliphatic carbocycles. The van der Waals surface area contributed by atoms with Crippen molar-refractivity contribution >= 4 is 11.6 Å². The fraction of sp³-hybridized carbons (Fsp3) is 0.632. The van der Waals surface area contributed by atoms with Crippen LogP contribution in [0.5, 0.6) is 0 Å². The summed E-state index contributed by atoms with van der Waals surface area (Å²) in [7, 11) is 0. The number of anilines is 1. The van der Waals surface area contributed by atoms with Crippen LogP contribution in [0.3, 0.4) is 0 Å². The van der Waals surface area contributed by atoms with Crippen LogP contribution in [0.1, 0.15) is 50.5 Å². The molecular formula is C19H31N3O. The molecule has 1 heterocycles. The minimum absolute atomic E-state index is 0.129. The van der Waals surface area contributed by atoms with E-state index in [2.05, 4.69) is 10.2 Å². The lowest BCUT2D eigenvalue weighted by molar-refractivity contribution is -0.121. The lowest BCUT2D eigenvalue weighted by atomic mass is 10.1. The number of piperidine rings is 1. The lowest BCUT2D eigenvalue weighted by Gasteiger charge is -2.26. The van der Waals surface area contributed by atoms with Gasteiger partial charge in [-0.2, -0.15) is 0 Å². The minimum Gasteiger partial charge on any atom is -0.399 e. The Morgan fingerprint density at radius 2 is 1.87 bits per heavy atom. The van der Waals surface area contributed by atoms with Crippen LogP contribution in [-0.4, -0.2) is 37.0 Å². The van der Waals surface area contributed by atoms with E-state index >= 15 is 0 Å². The molecule has 1 amide bonds. The quantitative estimate of drug-likeness (QED) is 0.544. The van der Waals surface area contributed by atoms with Crippen molar-refractivity contribution in [2.24, 2.45) is 0 Å². The van der Waals surface area contributed by atoms with E-state index in [0.29, 0.717) is 12.8 Å².